The number of halogens is 2. The molecule has 0 saturated heterocycles. The van der Waals surface area contributed by atoms with Crippen LogP contribution in [0.4, 0.5) is 5.69 Å². The molecule has 2 aromatic rings. The number of benzene rings is 1. The summed E-state index contributed by atoms with van der Waals surface area (Å²) in [7, 11) is 0. The molecule has 16 heavy (non-hydrogen) atoms. The van der Waals surface area contributed by atoms with Gasteiger partial charge in [-0.05, 0) is 44.0 Å². The zero-order valence-corrected chi connectivity index (χ0v) is 11.6. The van der Waals surface area contributed by atoms with Crippen LogP contribution in [-0.2, 0) is 4.79 Å². The minimum absolute atomic E-state index is 0.101. The van der Waals surface area contributed by atoms with Gasteiger partial charge in [0, 0.05) is 23.0 Å². The van der Waals surface area contributed by atoms with Gasteiger partial charge in [0.1, 0.15) is 0 Å². The summed E-state index contributed by atoms with van der Waals surface area (Å²) in [5, 5.41) is 3.72. The van der Waals surface area contributed by atoms with Gasteiger partial charge in [-0.1, -0.05) is 6.07 Å². The molecule has 0 bridgehead atoms. The molecule has 0 radical (unpaired) electrons. The minimum Gasteiger partial charge on any atom is -0.325 e. The zero-order valence-electron chi connectivity index (χ0n) is 8.42. The highest BCUT2D eigenvalue weighted by molar-refractivity contribution is 9.11. The van der Waals surface area contributed by atoms with Crippen molar-refractivity contribution in [2.24, 2.45) is 0 Å². The van der Waals surface area contributed by atoms with Crippen LogP contribution in [0, 0.1) is 0 Å². The average Bonchev–Trinajstić information content (AvgIpc) is 2.25. The lowest BCUT2D eigenvalue weighted by atomic mass is 10.2. The summed E-state index contributed by atoms with van der Waals surface area (Å²) in [6.07, 6.45) is 1.73. The first kappa shape index (κ1) is 11.5. The van der Waals surface area contributed by atoms with Gasteiger partial charge in [0.05, 0.1) is 15.7 Å². The molecule has 0 unspecified atom stereocenters. The second kappa shape index (κ2) is 4.51. The van der Waals surface area contributed by atoms with E-state index in [9.17, 15) is 4.79 Å². The van der Waals surface area contributed by atoms with E-state index in [4.69, 9.17) is 0 Å². The van der Waals surface area contributed by atoms with E-state index in [1.54, 1.807) is 6.20 Å². The third kappa shape index (κ3) is 2.10. The third-order valence-electron chi connectivity index (χ3n) is 2.09. The van der Waals surface area contributed by atoms with Crippen molar-refractivity contribution >= 4 is 54.4 Å². The molecule has 1 heterocycles. The second-order valence-corrected chi connectivity index (χ2v) is 4.95. The van der Waals surface area contributed by atoms with Crippen molar-refractivity contribution in [3.63, 3.8) is 0 Å². The normalized spacial score (nSPS) is 10.4. The fraction of sp³-hybridized carbons (Fsp3) is 0.0909. The Morgan fingerprint density at radius 1 is 1.44 bits per heavy atom. The summed E-state index contributed by atoms with van der Waals surface area (Å²) in [4.78, 5) is 15.3. The Kier molecular flexibility index (Phi) is 3.25. The molecule has 0 saturated carbocycles. The van der Waals surface area contributed by atoms with Crippen molar-refractivity contribution < 1.29 is 4.79 Å². The molecular formula is C11H8Br2N2O. The Balaban J connectivity index is 2.70. The molecule has 3 nitrogen and oxygen atoms in total. The number of carbonyl (C=O) groups is 1. The number of nitrogens with zero attached hydrogens (tertiary/aromatic N) is 1. The molecule has 1 aromatic heterocycles. The van der Waals surface area contributed by atoms with E-state index < -0.39 is 0 Å². The Hall–Kier alpha value is -0.940. The number of pyridine rings is 1. The van der Waals surface area contributed by atoms with Crippen LogP contribution in [0.5, 0.6) is 0 Å². The molecule has 5 heteroatoms. The number of carbonyl (C=O) groups excluding carboxylic acids is 1. The van der Waals surface area contributed by atoms with E-state index in [1.807, 2.05) is 18.2 Å². The highest BCUT2D eigenvalue weighted by Gasteiger charge is 2.10. The van der Waals surface area contributed by atoms with E-state index in [0.717, 1.165) is 25.5 Å². The van der Waals surface area contributed by atoms with Gasteiger partial charge in [0.2, 0.25) is 5.91 Å². The van der Waals surface area contributed by atoms with Crippen molar-refractivity contribution in [1.29, 1.82) is 0 Å². The fourth-order valence-corrected chi connectivity index (χ4v) is 2.54. The lowest BCUT2D eigenvalue weighted by Gasteiger charge is -2.09. The van der Waals surface area contributed by atoms with Crippen LogP contribution in [0.15, 0.2) is 33.3 Å². The number of hydrogen-bond donors (Lipinski definition) is 1. The summed E-state index contributed by atoms with van der Waals surface area (Å²) in [6, 6.07) is 5.64. The van der Waals surface area contributed by atoms with E-state index in [2.05, 4.69) is 42.2 Å². The van der Waals surface area contributed by atoms with E-state index in [1.165, 1.54) is 6.92 Å². The van der Waals surface area contributed by atoms with Crippen molar-refractivity contribution in [3.05, 3.63) is 33.3 Å². The lowest BCUT2D eigenvalue weighted by Crippen LogP contribution is -2.06. The van der Waals surface area contributed by atoms with Gasteiger partial charge in [-0.15, -0.1) is 0 Å². The van der Waals surface area contributed by atoms with Crippen molar-refractivity contribution in [1.82, 2.24) is 4.98 Å². The molecule has 0 aliphatic heterocycles. The molecule has 1 amide bonds. The Labute approximate surface area is 110 Å². The summed E-state index contributed by atoms with van der Waals surface area (Å²) in [5.74, 6) is -0.101. The topological polar surface area (TPSA) is 42.0 Å². The molecule has 1 N–H and O–H groups in total. The lowest BCUT2D eigenvalue weighted by molar-refractivity contribution is -0.114. The largest absolute Gasteiger partial charge is 0.325 e. The number of anilines is 1. The monoisotopic (exact) mass is 342 g/mol. The van der Waals surface area contributed by atoms with Crippen LogP contribution < -0.4 is 5.32 Å². The summed E-state index contributed by atoms with van der Waals surface area (Å²) in [6.45, 7) is 1.48. The highest BCUT2D eigenvalue weighted by atomic mass is 79.9. The molecular weight excluding hydrogens is 336 g/mol. The molecule has 1 aromatic carbocycles. The molecule has 0 aliphatic carbocycles. The average molecular weight is 344 g/mol. The predicted octanol–water partition coefficient (Wildman–Crippen LogP) is 3.72. The van der Waals surface area contributed by atoms with Gasteiger partial charge < -0.3 is 5.32 Å². The van der Waals surface area contributed by atoms with Crippen LogP contribution in [-0.4, -0.2) is 10.9 Å². The molecule has 0 aliphatic rings. The van der Waals surface area contributed by atoms with Crippen LogP contribution >= 0.6 is 31.9 Å². The first-order valence-corrected chi connectivity index (χ1v) is 6.18. The number of amides is 1. The molecule has 2 rings (SSSR count). The van der Waals surface area contributed by atoms with Crippen LogP contribution in [0.2, 0.25) is 0 Å². The van der Waals surface area contributed by atoms with Crippen LogP contribution in [0.25, 0.3) is 10.9 Å². The van der Waals surface area contributed by atoms with Crippen LogP contribution in [0.3, 0.4) is 0 Å². The molecule has 0 atom stereocenters. The Bertz CT molecular complexity index is 569. The molecule has 0 fully saturated rings. The Morgan fingerprint density at radius 2 is 2.19 bits per heavy atom. The SMILES string of the molecule is CC(=O)Nc1cc(Br)c2ncccc2c1Br. The quantitative estimate of drug-likeness (QED) is 0.857. The summed E-state index contributed by atoms with van der Waals surface area (Å²) in [5.41, 5.74) is 1.60. The van der Waals surface area contributed by atoms with E-state index in [0.29, 0.717) is 0 Å². The van der Waals surface area contributed by atoms with Crippen molar-refractivity contribution in [2.45, 2.75) is 6.92 Å². The van der Waals surface area contributed by atoms with E-state index in [-0.39, 0.29) is 5.91 Å². The predicted molar refractivity (Wildman–Crippen MR) is 71.4 cm³/mol. The van der Waals surface area contributed by atoms with Crippen molar-refractivity contribution in [2.75, 3.05) is 5.32 Å². The maximum absolute atomic E-state index is 11.0. The maximum Gasteiger partial charge on any atom is 0.221 e. The maximum atomic E-state index is 11.0. The van der Waals surface area contributed by atoms with Gasteiger partial charge in [-0.3, -0.25) is 9.78 Å². The second-order valence-electron chi connectivity index (χ2n) is 3.30. The summed E-state index contributed by atoms with van der Waals surface area (Å²) >= 11 is 6.91. The van der Waals surface area contributed by atoms with Gasteiger partial charge in [0.25, 0.3) is 0 Å². The van der Waals surface area contributed by atoms with E-state index >= 15 is 0 Å². The van der Waals surface area contributed by atoms with Gasteiger partial charge >= 0.3 is 0 Å². The van der Waals surface area contributed by atoms with Crippen LogP contribution in [0.1, 0.15) is 6.92 Å². The number of fused-ring (bicyclic) bond motifs is 1. The standard InChI is InChI=1S/C11H8Br2N2O/c1-6(16)15-9-5-8(12)11-7(10(9)13)3-2-4-14-11/h2-5H,1H3,(H,15,16). The van der Waals surface area contributed by atoms with Crippen molar-refractivity contribution in [3.8, 4) is 0 Å². The number of hydrogen-bond acceptors (Lipinski definition) is 2. The number of nitrogens with one attached hydrogen (secondary N) is 1. The molecule has 82 valence electrons. The minimum atomic E-state index is -0.101. The fourth-order valence-electron chi connectivity index (χ4n) is 1.46. The smallest absolute Gasteiger partial charge is 0.221 e. The van der Waals surface area contributed by atoms with Gasteiger partial charge in [-0.2, -0.15) is 0 Å². The highest BCUT2D eigenvalue weighted by Crippen LogP contribution is 2.35. The first-order chi connectivity index (χ1) is 7.59. The molecule has 0 spiro atoms. The zero-order chi connectivity index (χ0) is 11.7. The summed E-state index contributed by atoms with van der Waals surface area (Å²) < 4.78 is 1.70. The first-order valence-electron chi connectivity index (χ1n) is 4.60. The third-order valence-corrected chi connectivity index (χ3v) is 3.55. The number of aromatic nitrogens is 1. The van der Waals surface area contributed by atoms with Gasteiger partial charge in [-0.25, -0.2) is 0 Å². The Morgan fingerprint density at radius 3 is 2.88 bits per heavy atom. The van der Waals surface area contributed by atoms with Gasteiger partial charge in [0.15, 0.2) is 0 Å². The number of rotatable bonds is 1.